The molecule has 246 valence electrons. The van der Waals surface area contributed by atoms with Crippen molar-refractivity contribution < 1.29 is 38.9 Å². The minimum atomic E-state index is -1.31. The average Bonchev–Trinajstić information content (AvgIpc) is 3.38. The number of carboxylic acid groups (broad SMARTS) is 2. The number of anilines is 3. The van der Waals surface area contributed by atoms with Crippen LogP contribution in [-0.2, 0) is 23.9 Å². The van der Waals surface area contributed by atoms with Crippen LogP contribution in [0.2, 0.25) is 0 Å². The van der Waals surface area contributed by atoms with E-state index in [0.29, 0.717) is 34.6 Å². The van der Waals surface area contributed by atoms with Crippen LogP contribution in [0.1, 0.15) is 27.9 Å². The van der Waals surface area contributed by atoms with Crippen molar-refractivity contribution in [2.75, 3.05) is 69.5 Å². The molecule has 2 amide bonds. The largest absolute Gasteiger partial charge is 0.481 e. The first-order valence-electron chi connectivity index (χ1n) is 14.8. The molecule has 2 aliphatic rings. The van der Waals surface area contributed by atoms with E-state index < -0.39 is 24.3 Å². The van der Waals surface area contributed by atoms with Gasteiger partial charge in [0.1, 0.15) is 6.42 Å². The molecule has 5 rings (SSSR count). The van der Waals surface area contributed by atoms with Gasteiger partial charge in [0, 0.05) is 50.2 Å². The molecule has 1 saturated heterocycles. The highest BCUT2D eigenvalue weighted by molar-refractivity contribution is 6.37. The first-order chi connectivity index (χ1) is 22.5. The molecule has 0 radical (unpaired) electrons. The molecule has 4 N–H and O–H groups in total. The zero-order valence-electron chi connectivity index (χ0n) is 26.4. The van der Waals surface area contributed by atoms with Crippen LogP contribution in [0.15, 0.2) is 72.8 Å². The van der Waals surface area contributed by atoms with E-state index in [1.165, 1.54) is 7.11 Å². The van der Waals surface area contributed by atoms with Crippen molar-refractivity contribution in [1.29, 1.82) is 0 Å². The number of esters is 1. The van der Waals surface area contributed by atoms with Gasteiger partial charge < -0.3 is 35.4 Å². The summed E-state index contributed by atoms with van der Waals surface area (Å²) in [7, 11) is 5.21. The number of amides is 2. The maximum atomic E-state index is 13.2. The summed E-state index contributed by atoms with van der Waals surface area (Å²) < 4.78 is 4.82. The predicted octanol–water partition coefficient (Wildman–Crippen LogP) is 3.16. The number of piperazine rings is 1. The summed E-state index contributed by atoms with van der Waals surface area (Å²) in [4.78, 5) is 63.1. The van der Waals surface area contributed by atoms with Crippen molar-refractivity contribution in [1.82, 2.24) is 9.80 Å². The summed E-state index contributed by atoms with van der Waals surface area (Å²) in [6.07, 6.45) is -0.806. The highest BCUT2D eigenvalue weighted by atomic mass is 16.5. The van der Waals surface area contributed by atoms with Gasteiger partial charge in [-0.1, -0.05) is 36.4 Å². The van der Waals surface area contributed by atoms with Crippen molar-refractivity contribution in [3.63, 3.8) is 0 Å². The Labute approximate surface area is 272 Å². The minimum absolute atomic E-state index is 0.0444. The quantitative estimate of drug-likeness (QED) is 0.154. The summed E-state index contributed by atoms with van der Waals surface area (Å²) in [5.74, 6) is -3.32. The third-order valence-electron chi connectivity index (χ3n) is 7.65. The first kappa shape index (κ1) is 34.3. The molecular formula is C34H37N5O8. The van der Waals surface area contributed by atoms with Crippen molar-refractivity contribution in [2.45, 2.75) is 6.42 Å². The molecular weight excluding hydrogens is 606 g/mol. The molecule has 2 heterocycles. The van der Waals surface area contributed by atoms with Crippen LogP contribution in [-0.4, -0.2) is 104 Å². The number of rotatable bonds is 9. The Morgan fingerprint density at radius 2 is 1.53 bits per heavy atom. The number of fused-ring (bicyclic) bond motifs is 1. The summed E-state index contributed by atoms with van der Waals surface area (Å²) >= 11 is 0. The van der Waals surface area contributed by atoms with Gasteiger partial charge in [0.25, 0.3) is 5.91 Å². The van der Waals surface area contributed by atoms with Crippen LogP contribution < -0.4 is 15.5 Å². The maximum absolute atomic E-state index is 13.2. The van der Waals surface area contributed by atoms with E-state index in [2.05, 4.69) is 27.5 Å². The smallest absolute Gasteiger partial charge is 0.337 e. The van der Waals surface area contributed by atoms with Gasteiger partial charge in [-0.05, 0) is 49.0 Å². The van der Waals surface area contributed by atoms with Crippen LogP contribution >= 0.6 is 0 Å². The molecule has 0 aromatic heterocycles. The van der Waals surface area contributed by atoms with E-state index >= 15 is 0 Å². The number of nitrogens with one attached hydrogen (secondary N) is 2. The second-order valence-corrected chi connectivity index (χ2v) is 11.0. The zero-order chi connectivity index (χ0) is 34.1. The number of benzene rings is 3. The Morgan fingerprint density at radius 3 is 2.11 bits per heavy atom. The molecule has 13 heteroatoms. The van der Waals surface area contributed by atoms with Gasteiger partial charge in [0.15, 0.2) is 0 Å². The molecule has 3 aromatic carbocycles. The molecule has 0 spiro atoms. The summed E-state index contributed by atoms with van der Waals surface area (Å²) in [5.41, 5.74) is 5.10. The lowest BCUT2D eigenvalue weighted by Crippen LogP contribution is -2.48. The van der Waals surface area contributed by atoms with Crippen LogP contribution in [0.25, 0.3) is 11.3 Å². The number of ether oxygens (including phenoxy) is 1. The fourth-order valence-electron chi connectivity index (χ4n) is 5.04. The van der Waals surface area contributed by atoms with Gasteiger partial charge in [-0.25, -0.2) is 4.79 Å². The van der Waals surface area contributed by atoms with Gasteiger partial charge in [-0.15, -0.1) is 0 Å². The first-order valence-corrected chi connectivity index (χ1v) is 14.8. The van der Waals surface area contributed by atoms with E-state index in [-0.39, 0.29) is 11.8 Å². The number of likely N-dealkylation sites (N-methyl/N-ethyl adjacent to an activating group) is 2. The third kappa shape index (κ3) is 9.02. The van der Waals surface area contributed by atoms with E-state index in [1.54, 1.807) is 30.1 Å². The Bertz CT molecular complexity index is 1650. The molecule has 0 bridgehead atoms. The number of hydrogen-bond donors (Lipinski definition) is 4. The molecule has 13 nitrogen and oxygen atoms in total. The fraction of sp³-hybridized carbons (Fsp3) is 0.265. The van der Waals surface area contributed by atoms with E-state index in [1.807, 2.05) is 54.6 Å². The van der Waals surface area contributed by atoms with Crippen LogP contribution in [0.3, 0.4) is 0 Å². The van der Waals surface area contributed by atoms with Crippen molar-refractivity contribution in [3.8, 4) is 0 Å². The second-order valence-electron chi connectivity index (χ2n) is 11.0. The molecule has 1 fully saturated rings. The molecule has 47 heavy (non-hydrogen) atoms. The van der Waals surface area contributed by atoms with Crippen molar-refractivity contribution in [3.05, 3.63) is 89.5 Å². The van der Waals surface area contributed by atoms with Gasteiger partial charge in [-0.2, -0.15) is 0 Å². The van der Waals surface area contributed by atoms with Gasteiger partial charge in [0.05, 0.1) is 36.2 Å². The second kappa shape index (κ2) is 15.7. The highest BCUT2D eigenvalue weighted by Gasteiger charge is 2.29. The lowest BCUT2D eigenvalue weighted by atomic mass is 9.99. The van der Waals surface area contributed by atoms with E-state index in [4.69, 9.17) is 14.9 Å². The highest BCUT2D eigenvalue weighted by Crippen LogP contribution is 2.38. The molecule has 3 aromatic rings. The monoisotopic (exact) mass is 643 g/mol. The van der Waals surface area contributed by atoms with Gasteiger partial charge in [-0.3, -0.25) is 24.1 Å². The molecule has 0 aliphatic carbocycles. The fourth-order valence-corrected chi connectivity index (χ4v) is 5.04. The Balaban J connectivity index is 0.000000644. The minimum Gasteiger partial charge on any atom is -0.481 e. The Morgan fingerprint density at radius 1 is 0.894 bits per heavy atom. The number of methoxy groups -OCH3 is 1. The maximum Gasteiger partial charge on any atom is 0.337 e. The zero-order valence-corrected chi connectivity index (χ0v) is 26.4. The lowest BCUT2D eigenvalue weighted by Gasteiger charge is -2.32. The number of carbonyl (C=O) groups excluding carboxylic acids is 3. The normalized spacial score (nSPS) is 15.3. The number of carbonyl (C=O) groups is 5. The number of nitrogens with zero attached hydrogens (tertiary/aromatic N) is 3. The summed E-state index contributed by atoms with van der Waals surface area (Å²) in [6, 6.07) is 22.2. The van der Waals surface area contributed by atoms with Crippen molar-refractivity contribution >= 4 is 58.1 Å². The molecule has 2 aliphatic heterocycles. The number of carboxylic acids is 2. The Hall–Kier alpha value is -5.53. The predicted molar refractivity (Wildman–Crippen MR) is 177 cm³/mol. The Kier molecular flexibility index (Phi) is 11.4. The van der Waals surface area contributed by atoms with E-state index in [9.17, 15) is 24.0 Å². The average molecular weight is 644 g/mol. The molecule has 0 atom stereocenters. The van der Waals surface area contributed by atoms with Crippen molar-refractivity contribution in [2.24, 2.45) is 0 Å². The number of aliphatic carboxylic acids is 2. The molecule has 0 unspecified atom stereocenters. The summed E-state index contributed by atoms with van der Waals surface area (Å²) in [5, 5.41) is 21.7. The molecule has 0 saturated carbocycles. The van der Waals surface area contributed by atoms with E-state index in [0.717, 1.165) is 43.1 Å². The number of hydrogen-bond acceptors (Lipinski definition) is 9. The van der Waals surface area contributed by atoms with Crippen LogP contribution in [0.4, 0.5) is 17.1 Å². The van der Waals surface area contributed by atoms with Crippen LogP contribution in [0, 0.1) is 0 Å². The SMILES string of the molecule is COC(=O)c1ccc2c(c1)NC(=O)C2=C(Nc1ccc(N(C)C(=O)CN2CCN(C)CC2)cc1)c1ccccc1.O=C(O)CC(=O)O. The lowest BCUT2D eigenvalue weighted by molar-refractivity contribution is -0.147. The van der Waals surface area contributed by atoms with Gasteiger partial charge >= 0.3 is 17.9 Å². The van der Waals surface area contributed by atoms with Gasteiger partial charge in [0.2, 0.25) is 5.91 Å². The standard InChI is InChI=1S/C31H33N5O4.C3H4O4/c1-34-15-17-36(18-16-34)20-27(37)35(2)24-12-10-23(11-13-24)32-29(21-7-5-4-6-8-21)28-25-14-9-22(31(39)40-3)19-26(25)33-30(28)38;4-2(5)1-3(6)7/h4-14,19,32H,15-18,20H2,1-3H3,(H,33,38);1H2,(H,4,5)(H,6,7). The third-order valence-corrected chi connectivity index (χ3v) is 7.65. The van der Waals surface area contributed by atoms with Crippen LogP contribution in [0.5, 0.6) is 0 Å². The summed E-state index contributed by atoms with van der Waals surface area (Å²) in [6.45, 7) is 4.09. The topological polar surface area (TPSA) is 169 Å².